The molecule has 1 heterocycles. The number of nitro groups is 1. The van der Waals surface area contributed by atoms with Gasteiger partial charge < -0.3 is 4.42 Å². The number of hydrogen-bond donors (Lipinski definition) is 0. The van der Waals surface area contributed by atoms with Gasteiger partial charge in [-0.2, -0.15) is 0 Å². The summed E-state index contributed by atoms with van der Waals surface area (Å²) in [5, 5.41) is 10.6. The fourth-order valence-corrected chi connectivity index (χ4v) is 1.43. The van der Waals surface area contributed by atoms with Gasteiger partial charge in [0.05, 0.1) is 4.92 Å². The van der Waals surface area contributed by atoms with E-state index in [4.69, 9.17) is 4.42 Å². The van der Waals surface area contributed by atoms with Gasteiger partial charge >= 0.3 is 5.69 Å². The Kier molecular flexibility index (Phi) is 1.73. The Morgan fingerprint density at radius 1 is 1.50 bits per heavy atom. The van der Waals surface area contributed by atoms with Crippen LogP contribution in [0.5, 0.6) is 0 Å². The molecular formula is C9H6FNO3. The summed E-state index contributed by atoms with van der Waals surface area (Å²) in [6.45, 7) is 1.44. The van der Waals surface area contributed by atoms with Crippen molar-refractivity contribution in [2.75, 3.05) is 0 Å². The molecule has 2 aromatic rings. The number of aryl methyl sites for hydroxylation is 1. The van der Waals surface area contributed by atoms with Crippen LogP contribution in [-0.2, 0) is 0 Å². The van der Waals surface area contributed by atoms with E-state index >= 15 is 0 Å². The molecule has 0 bridgehead atoms. The van der Waals surface area contributed by atoms with E-state index < -0.39 is 10.7 Å². The van der Waals surface area contributed by atoms with Gasteiger partial charge in [0.15, 0.2) is 5.76 Å². The van der Waals surface area contributed by atoms with Crippen molar-refractivity contribution in [2.45, 2.75) is 6.92 Å². The maximum Gasteiger partial charge on any atom is 0.320 e. The van der Waals surface area contributed by atoms with Gasteiger partial charge in [-0.3, -0.25) is 10.1 Å². The molecule has 0 aliphatic carbocycles. The van der Waals surface area contributed by atoms with Crippen LogP contribution in [0.4, 0.5) is 10.1 Å². The third-order valence-electron chi connectivity index (χ3n) is 1.99. The van der Waals surface area contributed by atoms with Crippen molar-refractivity contribution in [3.63, 3.8) is 0 Å². The molecule has 0 spiro atoms. The van der Waals surface area contributed by atoms with E-state index in [0.29, 0.717) is 0 Å². The maximum absolute atomic E-state index is 13.3. The summed E-state index contributed by atoms with van der Waals surface area (Å²) >= 11 is 0. The van der Waals surface area contributed by atoms with Crippen molar-refractivity contribution in [2.24, 2.45) is 0 Å². The van der Waals surface area contributed by atoms with Crippen LogP contribution in [-0.4, -0.2) is 4.92 Å². The van der Waals surface area contributed by atoms with E-state index in [0.717, 1.165) is 0 Å². The highest BCUT2D eigenvalue weighted by molar-refractivity contribution is 5.88. The Balaban J connectivity index is 2.93. The molecule has 0 amide bonds. The number of benzene rings is 1. The summed E-state index contributed by atoms with van der Waals surface area (Å²) in [4.78, 5) is 9.99. The van der Waals surface area contributed by atoms with E-state index in [2.05, 4.69) is 0 Å². The second-order valence-corrected chi connectivity index (χ2v) is 2.88. The summed E-state index contributed by atoms with van der Waals surface area (Å²) in [6.07, 6.45) is 0. The monoisotopic (exact) mass is 195 g/mol. The van der Waals surface area contributed by atoms with Crippen LogP contribution >= 0.6 is 0 Å². The van der Waals surface area contributed by atoms with E-state index in [1.165, 1.54) is 25.1 Å². The lowest BCUT2D eigenvalue weighted by Gasteiger charge is -1.89. The van der Waals surface area contributed by atoms with Crippen LogP contribution in [0.2, 0.25) is 0 Å². The van der Waals surface area contributed by atoms with Crippen LogP contribution in [0.3, 0.4) is 0 Å². The molecule has 0 radical (unpaired) electrons. The number of fused-ring (bicyclic) bond motifs is 1. The lowest BCUT2D eigenvalue weighted by atomic mass is 10.2. The van der Waals surface area contributed by atoms with Crippen molar-refractivity contribution in [3.05, 3.63) is 39.9 Å². The molecule has 72 valence electrons. The molecule has 0 aliphatic rings. The first-order valence-electron chi connectivity index (χ1n) is 3.93. The fraction of sp³-hybridized carbons (Fsp3) is 0.111. The second kappa shape index (κ2) is 2.80. The molecule has 0 saturated carbocycles. The Morgan fingerprint density at radius 2 is 2.21 bits per heavy atom. The molecule has 0 aliphatic heterocycles. The normalized spacial score (nSPS) is 10.7. The average molecular weight is 195 g/mol. The van der Waals surface area contributed by atoms with E-state index in [1.54, 1.807) is 0 Å². The molecule has 0 saturated heterocycles. The van der Waals surface area contributed by atoms with Crippen molar-refractivity contribution < 1.29 is 13.7 Å². The second-order valence-electron chi connectivity index (χ2n) is 2.88. The first kappa shape index (κ1) is 8.68. The standard InChI is InChI=1S/C9H6FNO3/c1-5-9(11(12)13)8-6(10)3-2-4-7(8)14-5/h2-4H,1H3. The molecule has 4 nitrogen and oxygen atoms in total. The zero-order valence-electron chi connectivity index (χ0n) is 7.28. The minimum absolute atomic E-state index is 0.0602. The highest BCUT2D eigenvalue weighted by atomic mass is 19.1. The van der Waals surface area contributed by atoms with Crippen molar-refractivity contribution in [3.8, 4) is 0 Å². The average Bonchev–Trinajstić information content (AvgIpc) is 2.42. The van der Waals surface area contributed by atoms with Gasteiger partial charge in [-0.15, -0.1) is 0 Å². The lowest BCUT2D eigenvalue weighted by molar-refractivity contribution is -0.384. The molecular weight excluding hydrogens is 189 g/mol. The van der Waals surface area contributed by atoms with Gasteiger partial charge in [-0.1, -0.05) is 6.07 Å². The van der Waals surface area contributed by atoms with Gasteiger partial charge in [-0.05, 0) is 12.1 Å². The van der Waals surface area contributed by atoms with E-state index in [9.17, 15) is 14.5 Å². The minimum atomic E-state index is -0.635. The first-order valence-corrected chi connectivity index (χ1v) is 3.93. The van der Waals surface area contributed by atoms with Crippen LogP contribution in [0.15, 0.2) is 22.6 Å². The molecule has 0 unspecified atom stereocenters. The van der Waals surface area contributed by atoms with Crippen LogP contribution in [0.25, 0.3) is 11.0 Å². The smallest absolute Gasteiger partial charge is 0.320 e. The van der Waals surface area contributed by atoms with E-state index in [1.807, 2.05) is 0 Å². The zero-order valence-corrected chi connectivity index (χ0v) is 7.28. The quantitative estimate of drug-likeness (QED) is 0.519. The molecule has 2 rings (SSSR count). The predicted octanol–water partition coefficient (Wildman–Crippen LogP) is 2.79. The van der Waals surface area contributed by atoms with E-state index in [-0.39, 0.29) is 22.4 Å². The van der Waals surface area contributed by atoms with Gasteiger partial charge in [0.25, 0.3) is 0 Å². The SMILES string of the molecule is Cc1oc2cccc(F)c2c1[N+](=O)[O-]. The first-order chi connectivity index (χ1) is 6.61. The molecule has 0 N–H and O–H groups in total. The fourth-order valence-electron chi connectivity index (χ4n) is 1.43. The topological polar surface area (TPSA) is 56.3 Å². The maximum atomic E-state index is 13.3. The summed E-state index contributed by atoms with van der Waals surface area (Å²) in [5.41, 5.74) is -0.0905. The zero-order chi connectivity index (χ0) is 10.3. The third kappa shape index (κ3) is 1.06. The highest BCUT2D eigenvalue weighted by Gasteiger charge is 2.23. The minimum Gasteiger partial charge on any atom is -0.454 e. The summed E-state index contributed by atoms with van der Waals surface area (Å²) in [7, 11) is 0. The largest absolute Gasteiger partial charge is 0.454 e. The van der Waals surface area contributed by atoms with Gasteiger partial charge in [0, 0.05) is 6.92 Å². The predicted molar refractivity (Wildman–Crippen MR) is 47.6 cm³/mol. The Bertz CT molecular complexity index is 518. The van der Waals surface area contributed by atoms with Crippen LogP contribution in [0, 0.1) is 22.9 Å². The Labute approximate surface area is 78.1 Å². The molecule has 0 fully saturated rings. The van der Waals surface area contributed by atoms with Crippen molar-refractivity contribution in [1.29, 1.82) is 0 Å². The van der Waals surface area contributed by atoms with Crippen molar-refractivity contribution >= 4 is 16.7 Å². The van der Waals surface area contributed by atoms with Gasteiger partial charge in [0.1, 0.15) is 16.8 Å². The van der Waals surface area contributed by atoms with Gasteiger partial charge in [-0.25, -0.2) is 4.39 Å². The molecule has 14 heavy (non-hydrogen) atoms. The van der Waals surface area contributed by atoms with Crippen LogP contribution in [0.1, 0.15) is 5.76 Å². The third-order valence-corrected chi connectivity index (χ3v) is 1.99. The lowest BCUT2D eigenvalue weighted by Crippen LogP contribution is -1.89. The number of halogens is 1. The molecule has 1 aromatic heterocycles. The summed E-state index contributed by atoms with van der Waals surface area (Å²) in [6, 6.07) is 4.12. The van der Waals surface area contributed by atoms with Crippen molar-refractivity contribution in [1.82, 2.24) is 0 Å². The number of nitrogens with zero attached hydrogens (tertiary/aromatic N) is 1. The van der Waals surface area contributed by atoms with Crippen LogP contribution < -0.4 is 0 Å². The number of hydrogen-bond acceptors (Lipinski definition) is 3. The molecule has 1 aromatic carbocycles. The Morgan fingerprint density at radius 3 is 2.86 bits per heavy atom. The number of furan rings is 1. The highest BCUT2D eigenvalue weighted by Crippen LogP contribution is 2.33. The number of rotatable bonds is 1. The molecule has 5 heteroatoms. The van der Waals surface area contributed by atoms with Gasteiger partial charge in [0.2, 0.25) is 0 Å². The summed E-state index contributed by atoms with van der Waals surface area (Å²) < 4.78 is 18.3. The Hall–Kier alpha value is -1.91. The summed E-state index contributed by atoms with van der Waals surface area (Å²) in [5.74, 6) is -0.513. The molecule has 0 atom stereocenters.